The molecule has 0 radical (unpaired) electrons. The SMILES string of the molecule is CCC1CC2(CNc3nc(NCc4ccccc4OC(F)(F)F)ncc3C#N)CCC(C2)C1NCCCCCN(N)/C=C(\N)CCNc1cccc2c1C(=O)N(C1CCC(=O)NC1=O)C2=O. The van der Waals surface area contributed by atoms with Crippen LogP contribution in [0.4, 0.5) is 30.6 Å². The molecule has 2 aromatic carbocycles. The zero-order chi connectivity index (χ0) is 47.0. The largest absolute Gasteiger partial charge is 0.573 e. The number of fused-ring (bicyclic) bond motifs is 3. The molecule has 20 heteroatoms. The second-order valence-electron chi connectivity index (χ2n) is 17.6. The first-order chi connectivity index (χ1) is 31.7. The number of para-hydroxylation sites is 1. The maximum Gasteiger partial charge on any atom is 0.573 e. The lowest BCUT2D eigenvalue weighted by atomic mass is 9.67. The Morgan fingerprint density at radius 1 is 1.05 bits per heavy atom. The number of hydrazine groups is 1. The second kappa shape index (κ2) is 20.8. The van der Waals surface area contributed by atoms with Crippen LogP contribution in [0.25, 0.3) is 0 Å². The zero-order valence-electron chi connectivity index (χ0n) is 36.9. The maximum absolute atomic E-state index is 13.4. The fourth-order valence-corrected chi connectivity index (χ4v) is 9.99. The van der Waals surface area contributed by atoms with Gasteiger partial charge in [-0.25, -0.2) is 10.8 Å². The third kappa shape index (κ3) is 11.3. The smallest absolute Gasteiger partial charge is 0.405 e. The summed E-state index contributed by atoms with van der Waals surface area (Å²) in [6.07, 6.45) is 7.00. The Hall–Kier alpha value is -6.46. The van der Waals surface area contributed by atoms with E-state index in [1.807, 2.05) is 0 Å². The number of amides is 4. The summed E-state index contributed by atoms with van der Waals surface area (Å²) in [5, 5.41) is 27.1. The number of imide groups is 2. The van der Waals surface area contributed by atoms with Crippen LogP contribution in [0.1, 0.15) is 109 Å². The fraction of sp³-hybridized carbons (Fsp3) is 0.500. The van der Waals surface area contributed by atoms with Crippen molar-refractivity contribution in [3.63, 3.8) is 0 Å². The monoisotopic (exact) mass is 914 g/mol. The van der Waals surface area contributed by atoms with Gasteiger partial charge in [-0.3, -0.25) is 29.4 Å². The summed E-state index contributed by atoms with van der Waals surface area (Å²) in [7, 11) is 0. The minimum absolute atomic E-state index is 0.0119. The van der Waals surface area contributed by atoms with Crippen molar-refractivity contribution in [2.24, 2.45) is 28.8 Å². The number of carbonyl (C=O) groups is 4. The summed E-state index contributed by atoms with van der Waals surface area (Å²) in [5.74, 6) is 5.31. The van der Waals surface area contributed by atoms with Crippen molar-refractivity contribution in [2.45, 2.75) is 103 Å². The van der Waals surface area contributed by atoms with Crippen LogP contribution < -0.4 is 42.9 Å². The average Bonchev–Trinajstić information content (AvgIpc) is 3.76. The van der Waals surface area contributed by atoms with Crippen LogP contribution in [0.15, 0.2) is 60.6 Å². The van der Waals surface area contributed by atoms with Crippen molar-refractivity contribution in [2.75, 3.05) is 42.1 Å². The van der Waals surface area contributed by atoms with Crippen molar-refractivity contribution < 1.29 is 37.1 Å². The quantitative estimate of drug-likeness (QED) is 0.0302. The summed E-state index contributed by atoms with van der Waals surface area (Å²) in [4.78, 5) is 60.3. The molecule has 2 bridgehead atoms. The Labute approximate surface area is 381 Å². The number of unbranched alkanes of at least 4 members (excludes halogenated alkanes) is 2. The maximum atomic E-state index is 13.4. The molecule has 3 heterocycles. The number of rotatable bonds is 21. The third-order valence-electron chi connectivity index (χ3n) is 13.2. The van der Waals surface area contributed by atoms with Gasteiger partial charge in [0.05, 0.1) is 17.3 Å². The van der Waals surface area contributed by atoms with Crippen LogP contribution in [0, 0.1) is 28.6 Å². The van der Waals surface area contributed by atoms with Gasteiger partial charge >= 0.3 is 6.36 Å². The topological polar surface area (TPSA) is 246 Å². The van der Waals surface area contributed by atoms with Crippen molar-refractivity contribution in [1.29, 1.82) is 5.26 Å². The van der Waals surface area contributed by atoms with Gasteiger partial charge in [-0.05, 0) is 86.9 Å². The Morgan fingerprint density at radius 3 is 2.64 bits per heavy atom. The molecule has 7 rings (SSSR count). The molecule has 1 saturated heterocycles. The number of nitrogens with two attached hydrogens (primary N) is 2. The Kier molecular flexibility index (Phi) is 15.0. The van der Waals surface area contributed by atoms with E-state index in [4.69, 9.17) is 11.6 Å². The molecular weight excluding hydrogens is 858 g/mol. The summed E-state index contributed by atoms with van der Waals surface area (Å²) < 4.78 is 43.0. The number of piperidine rings is 1. The second-order valence-corrected chi connectivity index (χ2v) is 17.6. The molecule has 2 saturated carbocycles. The van der Waals surface area contributed by atoms with E-state index < -0.39 is 36.0 Å². The molecule has 352 valence electrons. The third-order valence-corrected chi connectivity index (χ3v) is 13.2. The van der Waals surface area contributed by atoms with Gasteiger partial charge in [0.25, 0.3) is 11.8 Å². The molecular formula is C46H57F3N12O5. The van der Waals surface area contributed by atoms with Crippen LogP contribution >= 0.6 is 0 Å². The fourth-order valence-electron chi connectivity index (χ4n) is 9.99. The summed E-state index contributed by atoms with van der Waals surface area (Å²) in [6.45, 7) is 4.76. The Balaban J connectivity index is 0.815. The molecule has 5 atom stereocenters. The molecule has 3 aromatic rings. The highest BCUT2D eigenvalue weighted by Crippen LogP contribution is 2.54. The molecule has 5 unspecified atom stereocenters. The minimum atomic E-state index is -4.82. The lowest BCUT2D eigenvalue weighted by Crippen LogP contribution is -2.54. The van der Waals surface area contributed by atoms with Crippen LogP contribution in [-0.2, 0) is 16.1 Å². The summed E-state index contributed by atoms with van der Waals surface area (Å²) in [6, 6.07) is 12.3. The first-order valence-corrected chi connectivity index (χ1v) is 22.6. The van der Waals surface area contributed by atoms with Gasteiger partial charge in [0.2, 0.25) is 17.8 Å². The number of hydrogen-bond acceptors (Lipinski definition) is 15. The highest BCUT2D eigenvalue weighted by atomic mass is 19.4. The van der Waals surface area contributed by atoms with Gasteiger partial charge in [-0.2, -0.15) is 10.2 Å². The van der Waals surface area contributed by atoms with E-state index in [9.17, 15) is 37.6 Å². The van der Waals surface area contributed by atoms with Gasteiger partial charge < -0.3 is 36.7 Å². The van der Waals surface area contributed by atoms with E-state index in [0.717, 1.165) is 62.8 Å². The van der Waals surface area contributed by atoms with Crippen molar-refractivity contribution in [1.82, 2.24) is 30.5 Å². The average molecular weight is 915 g/mol. The number of anilines is 3. The number of benzene rings is 2. The highest BCUT2D eigenvalue weighted by Gasteiger charge is 2.50. The Bertz CT molecular complexity index is 2360. The number of aromatic nitrogens is 2. The number of nitrogens with zero attached hydrogens (tertiary/aromatic N) is 5. The van der Waals surface area contributed by atoms with Crippen LogP contribution in [0.2, 0.25) is 0 Å². The van der Waals surface area contributed by atoms with Gasteiger partial charge in [-0.1, -0.05) is 44.0 Å². The molecule has 0 spiro atoms. The molecule has 3 fully saturated rings. The van der Waals surface area contributed by atoms with E-state index in [0.29, 0.717) is 61.1 Å². The van der Waals surface area contributed by atoms with Crippen molar-refractivity contribution >= 4 is 41.1 Å². The number of hydrogen-bond donors (Lipinski definition) is 7. The van der Waals surface area contributed by atoms with Gasteiger partial charge in [0.15, 0.2) is 0 Å². The molecule has 1 aromatic heterocycles. The molecule has 2 aliphatic carbocycles. The van der Waals surface area contributed by atoms with Gasteiger partial charge in [0.1, 0.15) is 29.2 Å². The summed E-state index contributed by atoms with van der Waals surface area (Å²) in [5.41, 5.74) is 8.31. The first kappa shape index (κ1) is 47.5. The Morgan fingerprint density at radius 2 is 1.86 bits per heavy atom. The standard InChI is InChI=1S/C46H57F3N12O5/c1-2-28-21-45(27-57-40-31(23-50)25-56-44(59-40)55-24-30-9-4-5-12-36(30)66-46(47,48)49)17-15-29(22-45)39(28)54-18-6-3-7-20-60(52)26-32(51)16-19-53-34-11-8-10-33-38(34)43(65)61(42(33)64)35-13-14-37(62)58-41(35)63/h4-5,8-12,25-26,28-29,35,39,53-54H,2-3,6-7,13-22,24,27,51-52H2,1H3,(H,58,62,63)(H2,55,56,57,59)/b32-26-. The molecule has 4 aliphatic rings. The van der Waals surface area contributed by atoms with Gasteiger partial charge in [-0.15, -0.1) is 13.2 Å². The normalized spacial score (nSPS) is 22.7. The van der Waals surface area contributed by atoms with Crippen molar-refractivity contribution in [3.8, 4) is 11.8 Å². The van der Waals surface area contributed by atoms with Crippen LogP contribution in [-0.4, -0.2) is 88.1 Å². The van der Waals surface area contributed by atoms with E-state index in [1.54, 1.807) is 35.5 Å². The predicted molar refractivity (Wildman–Crippen MR) is 239 cm³/mol. The van der Waals surface area contributed by atoms with E-state index in [2.05, 4.69) is 54.3 Å². The minimum Gasteiger partial charge on any atom is -0.405 e. The molecule has 17 nitrogen and oxygen atoms in total. The van der Waals surface area contributed by atoms with Crippen LogP contribution in [0.3, 0.4) is 0 Å². The number of nitriles is 1. The van der Waals surface area contributed by atoms with E-state index >= 15 is 0 Å². The molecule has 4 amide bonds. The van der Waals surface area contributed by atoms with E-state index in [-0.39, 0.29) is 58.8 Å². The van der Waals surface area contributed by atoms with E-state index in [1.165, 1.54) is 24.4 Å². The van der Waals surface area contributed by atoms with Gasteiger partial charge in [0, 0.05) is 68.2 Å². The molecule has 9 N–H and O–H groups in total. The zero-order valence-corrected chi connectivity index (χ0v) is 36.9. The summed E-state index contributed by atoms with van der Waals surface area (Å²) >= 11 is 0. The first-order valence-electron chi connectivity index (χ1n) is 22.6. The highest BCUT2D eigenvalue weighted by molar-refractivity contribution is 6.25. The van der Waals surface area contributed by atoms with Crippen molar-refractivity contribution in [3.05, 3.63) is 82.8 Å². The van der Waals surface area contributed by atoms with Crippen LogP contribution in [0.5, 0.6) is 5.75 Å². The lowest BCUT2D eigenvalue weighted by Gasteiger charge is -2.43. The lowest BCUT2D eigenvalue weighted by molar-refractivity contribution is -0.274. The molecule has 2 aliphatic heterocycles. The number of ether oxygens (including phenoxy) is 1. The number of halogens is 3. The number of carbonyl (C=O) groups excluding carboxylic acids is 4. The molecule has 66 heavy (non-hydrogen) atoms. The number of alkyl halides is 3. The number of nitrogens with one attached hydrogen (secondary N) is 5. The predicted octanol–water partition coefficient (Wildman–Crippen LogP) is 5.49.